The molecule has 0 spiro atoms. The average molecular weight is 366 g/mol. The van der Waals surface area contributed by atoms with E-state index in [9.17, 15) is 4.79 Å². The maximum Gasteiger partial charge on any atom is 0.255 e. The minimum absolute atomic E-state index is 0.176. The van der Waals surface area contributed by atoms with Gasteiger partial charge in [0.2, 0.25) is 5.95 Å². The summed E-state index contributed by atoms with van der Waals surface area (Å²) in [5.41, 5.74) is 2.28. The zero-order chi connectivity index (χ0) is 17.8. The Morgan fingerprint density at radius 2 is 1.81 bits per heavy atom. The zero-order valence-corrected chi connectivity index (χ0v) is 14.9. The third-order valence-corrected chi connectivity index (χ3v) is 5.06. The number of morpholine rings is 1. The van der Waals surface area contributed by atoms with Crippen LogP contribution in [-0.4, -0.2) is 42.2 Å². The van der Waals surface area contributed by atoms with Gasteiger partial charge in [0.15, 0.2) is 0 Å². The van der Waals surface area contributed by atoms with Gasteiger partial charge in [-0.3, -0.25) is 4.79 Å². The van der Waals surface area contributed by atoms with Crippen molar-refractivity contribution in [3.63, 3.8) is 0 Å². The Bertz CT molecular complexity index is 858. The lowest BCUT2D eigenvalue weighted by molar-refractivity contribution is 0.102. The van der Waals surface area contributed by atoms with Gasteiger partial charge in [-0.2, -0.15) is 0 Å². The van der Waals surface area contributed by atoms with E-state index in [1.165, 1.54) is 4.88 Å². The Morgan fingerprint density at radius 3 is 2.46 bits per heavy atom. The molecule has 0 unspecified atom stereocenters. The number of rotatable bonds is 4. The van der Waals surface area contributed by atoms with E-state index in [0.717, 1.165) is 18.7 Å². The SMILES string of the molecule is O=C(Nc1cnc(N2CCOCC2)nc1)c1ccc(-c2cccs2)cc1. The number of anilines is 2. The molecule has 0 radical (unpaired) electrons. The minimum Gasteiger partial charge on any atom is -0.378 e. The molecule has 1 fully saturated rings. The molecule has 26 heavy (non-hydrogen) atoms. The molecule has 1 aliphatic rings. The van der Waals surface area contributed by atoms with Crippen molar-refractivity contribution >= 4 is 28.9 Å². The van der Waals surface area contributed by atoms with Gasteiger partial charge >= 0.3 is 0 Å². The van der Waals surface area contributed by atoms with E-state index in [1.54, 1.807) is 23.7 Å². The van der Waals surface area contributed by atoms with E-state index in [0.29, 0.717) is 30.4 Å². The topological polar surface area (TPSA) is 67.4 Å². The van der Waals surface area contributed by atoms with Crippen molar-refractivity contribution in [3.8, 4) is 10.4 Å². The van der Waals surface area contributed by atoms with Crippen LogP contribution >= 0.6 is 11.3 Å². The molecule has 2 aromatic heterocycles. The third-order valence-electron chi connectivity index (χ3n) is 4.14. The number of benzene rings is 1. The second-order valence-corrected chi connectivity index (χ2v) is 6.83. The lowest BCUT2D eigenvalue weighted by Crippen LogP contribution is -2.37. The highest BCUT2D eigenvalue weighted by molar-refractivity contribution is 7.13. The molecule has 0 saturated carbocycles. The number of carbonyl (C=O) groups is 1. The molecule has 1 saturated heterocycles. The number of thiophene rings is 1. The summed E-state index contributed by atoms with van der Waals surface area (Å²) in [5.74, 6) is 0.483. The fourth-order valence-corrected chi connectivity index (χ4v) is 3.48. The van der Waals surface area contributed by atoms with Gasteiger partial charge in [-0.1, -0.05) is 18.2 Å². The molecular formula is C19H18N4O2S. The Kier molecular flexibility index (Phi) is 4.90. The second-order valence-electron chi connectivity index (χ2n) is 5.88. The average Bonchev–Trinajstić information content (AvgIpc) is 3.24. The minimum atomic E-state index is -0.176. The summed E-state index contributed by atoms with van der Waals surface area (Å²) in [6.07, 6.45) is 3.27. The quantitative estimate of drug-likeness (QED) is 0.767. The van der Waals surface area contributed by atoms with E-state index in [4.69, 9.17) is 4.74 Å². The van der Waals surface area contributed by atoms with Crippen LogP contribution < -0.4 is 10.2 Å². The van der Waals surface area contributed by atoms with Gasteiger partial charge in [0.1, 0.15) is 0 Å². The largest absolute Gasteiger partial charge is 0.378 e. The van der Waals surface area contributed by atoms with Gasteiger partial charge in [-0.05, 0) is 29.1 Å². The maximum absolute atomic E-state index is 12.4. The fraction of sp³-hybridized carbons (Fsp3) is 0.211. The number of carbonyl (C=O) groups excluding carboxylic acids is 1. The van der Waals surface area contributed by atoms with Crippen LogP contribution in [0.25, 0.3) is 10.4 Å². The predicted molar refractivity (Wildman–Crippen MR) is 103 cm³/mol. The summed E-state index contributed by atoms with van der Waals surface area (Å²) in [7, 11) is 0. The lowest BCUT2D eigenvalue weighted by Gasteiger charge is -2.26. The first-order chi connectivity index (χ1) is 12.8. The van der Waals surface area contributed by atoms with Crippen LogP contribution in [-0.2, 0) is 4.74 Å². The van der Waals surface area contributed by atoms with Gasteiger partial charge in [0.25, 0.3) is 5.91 Å². The Hall–Kier alpha value is -2.77. The second kappa shape index (κ2) is 7.63. The van der Waals surface area contributed by atoms with Crippen molar-refractivity contribution in [3.05, 3.63) is 59.7 Å². The zero-order valence-electron chi connectivity index (χ0n) is 14.1. The maximum atomic E-state index is 12.4. The summed E-state index contributed by atoms with van der Waals surface area (Å²) in [5, 5.41) is 4.88. The molecule has 1 aliphatic heterocycles. The van der Waals surface area contributed by atoms with Crippen molar-refractivity contribution in [2.45, 2.75) is 0 Å². The molecular weight excluding hydrogens is 348 g/mol. The van der Waals surface area contributed by atoms with E-state index in [2.05, 4.69) is 26.3 Å². The third kappa shape index (κ3) is 3.74. The molecule has 132 valence electrons. The Morgan fingerprint density at radius 1 is 1.08 bits per heavy atom. The smallest absolute Gasteiger partial charge is 0.255 e. The van der Waals surface area contributed by atoms with Gasteiger partial charge in [-0.25, -0.2) is 9.97 Å². The highest BCUT2D eigenvalue weighted by atomic mass is 32.1. The number of aromatic nitrogens is 2. The molecule has 0 aliphatic carbocycles. The molecule has 1 N–H and O–H groups in total. The van der Waals surface area contributed by atoms with Gasteiger partial charge < -0.3 is 15.0 Å². The molecule has 3 heterocycles. The number of nitrogens with one attached hydrogen (secondary N) is 1. The highest BCUT2D eigenvalue weighted by Gasteiger charge is 2.14. The van der Waals surface area contributed by atoms with E-state index in [1.807, 2.05) is 35.7 Å². The van der Waals surface area contributed by atoms with Crippen molar-refractivity contribution in [2.75, 3.05) is 36.5 Å². The number of nitrogens with zero attached hydrogens (tertiary/aromatic N) is 3. The number of hydrogen-bond acceptors (Lipinski definition) is 6. The Balaban J connectivity index is 1.41. The van der Waals surface area contributed by atoms with Gasteiger partial charge in [0.05, 0.1) is 31.3 Å². The van der Waals surface area contributed by atoms with Crippen LogP contribution in [0.3, 0.4) is 0 Å². The Labute approximate surface area is 155 Å². The fourth-order valence-electron chi connectivity index (χ4n) is 2.74. The molecule has 0 bridgehead atoms. The molecule has 1 aromatic carbocycles. The van der Waals surface area contributed by atoms with Crippen LogP contribution in [0, 0.1) is 0 Å². The summed E-state index contributed by atoms with van der Waals surface area (Å²) in [6, 6.07) is 11.6. The van der Waals surface area contributed by atoms with Crippen molar-refractivity contribution < 1.29 is 9.53 Å². The molecule has 0 atom stereocenters. The van der Waals surface area contributed by atoms with Crippen molar-refractivity contribution in [2.24, 2.45) is 0 Å². The summed E-state index contributed by atoms with van der Waals surface area (Å²) in [4.78, 5) is 24.3. The van der Waals surface area contributed by atoms with Crippen LogP contribution in [0.5, 0.6) is 0 Å². The van der Waals surface area contributed by atoms with Crippen molar-refractivity contribution in [1.82, 2.24) is 9.97 Å². The first-order valence-corrected chi connectivity index (χ1v) is 9.27. The first-order valence-electron chi connectivity index (χ1n) is 8.40. The number of ether oxygens (including phenoxy) is 1. The molecule has 6 nitrogen and oxygen atoms in total. The van der Waals surface area contributed by atoms with Crippen LogP contribution in [0.15, 0.2) is 54.2 Å². The number of hydrogen-bond donors (Lipinski definition) is 1. The van der Waals surface area contributed by atoms with Crippen LogP contribution in [0.4, 0.5) is 11.6 Å². The first kappa shape index (κ1) is 16.7. The number of amides is 1. The standard InChI is InChI=1S/C19H18N4O2S/c24-18(15-5-3-14(4-6-15)17-2-1-11-26-17)22-16-12-20-19(21-13-16)23-7-9-25-10-8-23/h1-6,11-13H,7-10H2,(H,22,24). The van der Waals surface area contributed by atoms with Gasteiger partial charge in [0, 0.05) is 23.5 Å². The van der Waals surface area contributed by atoms with Crippen molar-refractivity contribution in [1.29, 1.82) is 0 Å². The summed E-state index contributed by atoms with van der Waals surface area (Å²) < 4.78 is 5.32. The molecule has 3 aromatic rings. The molecule has 4 rings (SSSR count). The van der Waals surface area contributed by atoms with Crippen LogP contribution in [0.1, 0.15) is 10.4 Å². The van der Waals surface area contributed by atoms with E-state index >= 15 is 0 Å². The highest BCUT2D eigenvalue weighted by Crippen LogP contribution is 2.24. The van der Waals surface area contributed by atoms with E-state index in [-0.39, 0.29) is 5.91 Å². The monoisotopic (exact) mass is 366 g/mol. The van der Waals surface area contributed by atoms with Crippen LogP contribution in [0.2, 0.25) is 0 Å². The lowest BCUT2D eigenvalue weighted by atomic mass is 10.1. The molecule has 1 amide bonds. The molecule has 7 heteroatoms. The van der Waals surface area contributed by atoms with E-state index < -0.39 is 0 Å². The normalized spacial score (nSPS) is 14.2. The predicted octanol–water partition coefficient (Wildman–Crippen LogP) is 3.29. The summed E-state index contributed by atoms with van der Waals surface area (Å²) in [6.45, 7) is 2.93. The summed E-state index contributed by atoms with van der Waals surface area (Å²) >= 11 is 1.68. The van der Waals surface area contributed by atoms with Gasteiger partial charge in [-0.15, -0.1) is 11.3 Å².